The summed E-state index contributed by atoms with van der Waals surface area (Å²) in [7, 11) is 1.31. The first kappa shape index (κ1) is 18.2. The van der Waals surface area contributed by atoms with Gasteiger partial charge in [-0.05, 0) is 30.2 Å². The molecule has 0 bridgehead atoms. The van der Waals surface area contributed by atoms with Gasteiger partial charge in [-0.15, -0.1) is 0 Å². The quantitative estimate of drug-likeness (QED) is 0.586. The second kappa shape index (κ2) is 7.74. The molecule has 3 rings (SSSR count). The highest BCUT2D eigenvalue weighted by Crippen LogP contribution is 2.32. The fourth-order valence-corrected chi connectivity index (χ4v) is 3.38. The number of hydrogen-bond donors (Lipinski definition) is 2. The van der Waals surface area contributed by atoms with Gasteiger partial charge in [0.15, 0.2) is 0 Å². The Morgan fingerprint density at radius 2 is 1.92 bits per heavy atom. The van der Waals surface area contributed by atoms with Crippen molar-refractivity contribution in [2.24, 2.45) is 0 Å². The topological polar surface area (TPSA) is 71.2 Å². The van der Waals surface area contributed by atoms with Crippen LogP contribution >= 0.6 is 15.9 Å². The highest BCUT2D eigenvalue weighted by atomic mass is 79.9. The van der Waals surface area contributed by atoms with E-state index in [0.717, 1.165) is 20.9 Å². The van der Waals surface area contributed by atoms with Crippen LogP contribution in [0.5, 0.6) is 0 Å². The molecule has 26 heavy (non-hydrogen) atoms. The molecule has 0 saturated carbocycles. The molecule has 1 aromatic heterocycles. The minimum Gasteiger partial charge on any atom is -0.464 e. The maximum atomic E-state index is 12.9. The summed E-state index contributed by atoms with van der Waals surface area (Å²) in [6, 6.07) is 15.2. The third kappa shape index (κ3) is 3.51. The van der Waals surface area contributed by atoms with Crippen molar-refractivity contribution in [3.8, 4) is 0 Å². The number of hydrogen-bond acceptors (Lipinski definition) is 3. The zero-order valence-corrected chi connectivity index (χ0v) is 16.1. The second-order valence-electron chi connectivity index (χ2n) is 5.92. The molecule has 0 aliphatic carbocycles. The second-order valence-corrected chi connectivity index (χ2v) is 6.83. The Hall–Kier alpha value is -2.60. The SMILES string of the molecule is CC[C@H](C(=O)Nc1c(C(=O)OC)[nH]c2ccc(Br)cc12)c1ccccc1. The van der Waals surface area contributed by atoms with Crippen molar-refractivity contribution in [1.29, 1.82) is 0 Å². The van der Waals surface area contributed by atoms with Gasteiger partial charge < -0.3 is 15.0 Å². The Labute approximate surface area is 159 Å². The van der Waals surface area contributed by atoms with Crippen molar-refractivity contribution in [3.05, 3.63) is 64.3 Å². The lowest BCUT2D eigenvalue weighted by Crippen LogP contribution is -2.22. The molecule has 0 saturated heterocycles. The van der Waals surface area contributed by atoms with Crippen LogP contribution in [-0.2, 0) is 9.53 Å². The number of esters is 1. The van der Waals surface area contributed by atoms with Crippen LogP contribution < -0.4 is 5.32 Å². The number of halogens is 1. The maximum absolute atomic E-state index is 12.9. The van der Waals surface area contributed by atoms with E-state index in [1.807, 2.05) is 55.5 Å². The summed E-state index contributed by atoms with van der Waals surface area (Å²) in [4.78, 5) is 28.1. The predicted octanol–water partition coefficient (Wildman–Crippen LogP) is 4.85. The number of ether oxygens (including phenoxy) is 1. The molecule has 2 aromatic carbocycles. The van der Waals surface area contributed by atoms with Crippen LogP contribution in [-0.4, -0.2) is 24.0 Å². The van der Waals surface area contributed by atoms with Crippen LogP contribution in [0.25, 0.3) is 10.9 Å². The minimum atomic E-state index is -0.527. The Morgan fingerprint density at radius 1 is 1.19 bits per heavy atom. The molecule has 0 unspecified atom stereocenters. The van der Waals surface area contributed by atoms with Crippen molar-refractivity contribution in [2.75, 3.05) is 12.4 Å². The monoisotopic (exact) mass is 414 g/mol. The summed E-state index contributed by atoms with van der Waals surface area (Å²) in [6.45, 7) is 1.96. The van der Waals surface area contributed by atoms with Gasteiger partial charge in [-0.25, -0.2) is 4.79 Å². The molecule has 2 N–H and O–H groups in total. The number of aromatic amines is 1. The lowest BCUT2D eigenvalue weighted by Gasteiger charge is -2.16. The highest BCUT2D eigenvalue weighted by molar-refractivity contribution is 9.10. The molecule has 0 aliphatic heterocycles. The van der Waals surface area contributed by atoms with Crippen LogP contribution in [0.1, 0.15) is 35.3 Å². The smallest absolute Gasteiger partial charge is 0.356 e. The lowest BCUT2D eigenvalue weighted by atomic mass is 9.95. The van der Waals surface area contributed by atoms with E-state index in [9.17, 15) is 9.59 Å². The van der Waals surface area contributed by atoms with Gasteiger partial charge in [0.2, 0.25) is 5.91 Å². The van der Waals surface area contributed by atoms with Gasteiger partial charge >= 0.3 is 5.97 Å². The predicted molar refractivity (Wildman–Crippen MR) is 105 cm³/mol. The number of amides is 1. The van der Waals surface area contributed by atoms with E-state index < -0.39 is 5.97 Å². The molecule has 6 heteroatoms. The molecule has 0 spiro atoms. The van der Waals surface area contributed by atoms with Gasteiger partial charge in [-0.3, -0.25) is 4.79 Å². The average Bonchev–Trinajstić information content (AvgIpc) is 3.00. The van der Waals surface area contributed by atoms with Crippen molar-refractivity contribution in [2.45, 2.75) is 19.3 Å². The molecule has 3 aromatic rings. The van der Waals surface area contributed by atoms with Gasteiger partial charge in [-0.1, -0.05) is 53.2 Å². The molecule has 1 heterocycles. The molecule has 0 radical (unpaired) electrons. The Morgan fingerprint density at radius 3 is 2.58 bits per heavy atom. The molecule has 0 aliphatic rings. The first-order chi connectivity index (χ1) is 12.5. The van der Waals surface area contributed by atoms with E-state index in [1.54, 1.807) is 0 Å². The number of anilines is 1. The van der Waals surface area contributed by atoms with E-state index in [-0.39, 0.29) is 17.5 Å². The molecular formula is C20H19BrN2O3. The number of methoxy groups -OCH3 is 1. The summed E-state index contributed by atoms with van der Waals surface area (Å²) >= 11 is 3.43. The van der Waals surface area contributed by atoms with Gasteiger partial charge in [0, 0.05) is 15.4 Å². The molecule has 1 amide bonds. The highest BCUT2D eigenvalue weighted by Gasteiger charge is 2.24. The Balaban J connectivity index is 2.02. The fourth-order valence-electron chi connectivity index (χ4n) is 3.02. The number of carbonyl (C=O) groups excluding carboxylic acids is 2. The molecule has 5 nitrogen and oxygen atoms in total. The normalized spacial score (nSPS) is 12.0. The van der Waals surface area contributed by atoms with Crippen molar-refractivity contribution >= 4 is 44.4 Å². The molecule has 134 valence electrons. The van der Waals surface area contributed by atoms with Gasteiger partial charge in [0.25, 0.3) is 0 Å². The Kier molecular flexibility index (Phi) is 5.42. The summed E-state index contributed by atoms with van der Waals surface area (Å²) < 4.78 is 5.71. The molecule has 0 fully saturated rings. The average molecular weight is 415 g/mol. The zero-order valence-electron chi connectivity index (χ0n) is 14.5. The Bertz CT molecular complexity index is 950. The van der Waals surface area contributed by atoms with Crippen LogP contribution in [0, 0.1) is 0 Å². The van der Waals surface area contributed by atoms with Gasteiger partial charge in [0.05, 0.1) is 18.7 Å². The third-order valence-corrected chi connectivity index (χ3v) is 4.82. The largest absolute Gasteiger partial charge is 0.464 e. The number of aromatic nitrogens is 1. The van der Waals surface area contributed by atoms with Gasteiger partial charge in [-0.2, -0.15) is 0 Å². The fraction of sp³-hybridized carbons (Fsp3) is 0.200. The summed E-state index contributed by atoms with van der Waals surface area (Å²) in [5.41, 5.74) is 2.36. The number of rotatable bonds is 5. The third-order valence-electron chi connectivity index (χ3n) is 4.33. The van der Waals surface area contributed by atoms with E-state index in [0.29, 0.717) is 12.1 Å². The lowest BCUT2D eigenvalue weighted by molar-refractivity contribution is -0.117. The van der Waals surface area contributed by atoms with Crippen molar-refractivity contribution < 1.29 is 14.3 Å². The first-order valence-corrected chi connectivity index (χ1v) is 9.09. The van der Waals surface area contributed by atoms with Crippen LogP contribution in [0.15, 0.2) is 53.0 Å². The van der Waals surface area contributed by atoms with E-state index in [4.69, 9.17) is 4.74 Å². The number of H-pyrrole nitrogens is 1. The summed E-state index contributed by atoms with van der Waals surface area (Å²) in [6.07, 6.45) is 0.648. The molecule has 1 atom stereocenters. The maximum Gasteiger partial charge on any atom is 0.356 e. The van der Waals surface area contributed by atoms with Crippen LogP contribution in [0.2, 0.25) is 0 Å². The first-order valence-electron chi connectivity index (χ1n) is 8.30. The van der Waals surface area contributed by atoms with E-state index in [1.165, 1.54) is 7.11 Å². The standard InChI is InChI=1S/C20H19BrN2O3/c1-3-14(12-7-5-4-6-8-12)19(24)23-17-15-11-13(21)9-10-16(15)22-18(17)20(25)26-2/h4-11,14,22H,3H2,1-2H3,(H,23,24)/t14-/m0/s1. The van der Waals surface area contributed by atoms with Crippen LogP contribution in [0.4, 0.5) is 5.69 Å². The van der Waals surface area contributed by atoms with Crippen LogP contribution in [0.3, 0.4) is 0 Å². The summed E-state index contributed by atoms with van der Waals surface area (Å²) in [5, 5.41) is 3.68. The number of benzene rings is 2. The van der Waals surface area contributed by atoms with Crippen molar-refractivity contribution in [1.82, 2.24) is 4.98 Å². The minimum absolute atomic E-state index is 0.162. The van der Waals surface area contributed by atoms with Gasteiger partial charge in [0.1, 0.15) is 5.69 Å². The van der Waals surface area contributed by atoms with E-state index >= 15 is 0 Å². The molecular weight excluding hydrogens is 396 g/mol. The number of nitrogens with one attached hydrogen (secondary N) is 2. The summed E-state index contributed by atoms with van der Waals surface area (Å²) in [5.74, 6) is -0.996. The zero-order chi connectivity index (χ0) is 18.7. The van der Waals surface area contributed by atoms with Crippen molar-refractivity contribution in [3.63, 3.8) is 0 Å². The van der Waals surface area contributed by atoms with E-state index in [2.05, 4.69) is 26.2 Å². The number of fused-ring (bicyclic) bond motifs is 1. The number of carbonyl (C=O) groups is 2.